The Kier molecular flexibility index (Phi) is 7.86. The minimum atomic E-state index is 0.0637. The minimum Gasteiger partial charge on any atom is -0.495 e. The number of H-pyrrole nitrogens is 1. The Morgan fingerprint density at radius 2 is 1.60 bits per heavy atom. The number of ether oxygens (including phenoxy) is 4. The van der Waals surface area contributed by atoms with Gasteiger partial charge in [-0.1, -0.05) is 23.9 Å². The van der Waals surface area contributed by atoms with Crippen LogP contribution >= 0.6 is 11.8 Å². The second-order valence-electron chi connectivity index (χ2n) is 7.71. The first-order chi connectivity index (χ1) is 17.1. The lowest BCUT2D eigenvalue weighted by molar-refractivity contribution is -0.128. The Labute approximate surface area is 208 Å². The quantitative estimate of drug-likeness (QED) is 0.445. The number of aromatic nitrogens is 3. The third-order valence-electron chi connectivity index (χ3n) is 5.79. The molecule has 1 saturated heterocycles. The zero-order valence-electron chi connectivity index (χ0n) is 20.2. The van der Waals surface area contributed by atoms with E-state index in [-0.39, 0.29) is 11.7 Å². The van der Waals surface area contributed by atoms with Gasteiger partial charge in [0, 0.05) is 31.7 Å². The molecule has 1 aromatic heterocycles. The normalized spacial score (nSPS) is 13.5. The number of thioether (sulfide) groups is 1. The molecule has 1 N–H and O–H groups in total. The molecule has 0 saturated carbocycles. The summed E-state index contributed by atoms with van der Waals surface area (Å²) < 4.78 is 21.7. The lowest BCUT2D eigenvalue weighted by Gasteiger charge is -2.36. The van der Waals surface area contributed by atoms with Crippen molar-refractivity contribution in [2.24, 2.45) is 0 Å². The average molecular weight is 500 g/mol. The number of anilines is 1. The number of nitrogens with zero attached hydrogens (tertiary/aromatic N) is 4. The zero-order valence-corrected chi connectivity index (χ0v) is 21.1. The maximum Gasteiger partial charge on any atom is 0.233 e. The molecule has 1 aliphatic heterocycles. The lowest BCUT2D eigenvalue weighted by Crippen LogP contribution is -2.49. The van der Waals surface area contributed by atoms with E-state index in [1.807, 2.05) is 29.2 Å². The number of methoxy groups -OCH3 is 4. The van der Waals surface area contributed by atoms with Crippen LogP contribution in [0.2, 0.25) is 0 Å². The maximum absolute atomic E-state index is 12.8. The van der Waals surface area contributed by atoms with E-state index in [1.165, 1.54) is 11.8 Å². The fraction of sp³-hybridized carbons (Fsp3) is 0.375. The molecule has 0 unspecified atom stereocenters. The summed E-state index contributed by atoms with van der Waals surface area (Å²) in [6.07, 6.45) is 0. The molecule has 2 heterocycles. The molecule has 10 nitrogen and oxygen atoms in total. The van der Waals surface area contributed by atoms with Gasteiger partial charge in [0.1, 0.15) is 5.75 Å². The van der Waals surface area contributed by atoms with Crippen molar-refractivity contribution < 1.29 is 23.7 Å². The van der Waals surface area contributed by atoms with Crippen LogP contribution in [0.25, 0.3) is 11.4 Å². The number of hydrogen-bond donors (Lipinski definition) is 1. The number of aromatic amines is 1. The summed E-state index contributed by atoms with van der Waals surface area (Å²) in [6.45, 7) is 2.82. The molecule has 0 aliphatic carbocycles. The number of carbonyl (C=O) groups excluding carboxylic acids is 1. The van der Waals surface area contributed by atoms with Gasteiger partial charge in [0.2, 0.25) is 16.8 Å². The van der Waals surface area contributed by atoms with Crippen molar-refractivity contribution in [1.29, 1.82) is 0 Å². The predicted octanol–water partition coefficient (Wildman–Crippen LogP) is 2.95. The summed E-state index contributed by atoms with van der Waals surface area (Å²) in [5.74, 6) is 3.27. The van der Waals surface area contributed by atoms with E-state index in [0.29, 0.717) is 41.3 Å². The first-order valence-corrected chi connectivity index (χ1v) is 12.1. The van der Waals surface area contributed by atoms with Crippen molar-refractivity contribution in [3.63, 3.8) is 0 Å². The van der Waals surface area contributed by atoms with Crippen LogP contribution in [-0.4, -0.2) is 86.4 Å². The van der Waals surface area contributed by atoms with Crippen LogP contribution in [0.5, 0.6) is 23.0 Å². The molecule has 0 spiro atoms. The molecule has 1 amide bonds. The number of piperazine rings is 1. The van der Waals surface area contributed by atoms with Crippen molar-refractivity contribution in [3.05, 3.63) is 36.4 Å². The summed E-state index contributed by atoms with van der Waals surface area (Å²) in [4.78, 5) is 21.5. The van der Waals surface area contributed by atoms with E-state index in [4.69, 9.17) is 18.9 Å². The number of amides is 1. The first-order valence-electron chi connectivity index (χ1n) is 11.1. The van der Waals surface area contributed by atoms with E-state index >= 15 is 0 Å². The summed E-state index contributed by atoms with van der Waals surface area (Å²) in [5.41, 5.74) is 1.79. The van der Waals surface area contributed by atoms with Crippen LogP contribution < -0.4 is 23.8 Å². The standard InChI is InChI=1S/C24H29N5O5S/c1-31-18-8-6-5-7-17(18)28-9-11-29(12-10-28)21(30)15-35-24-25-23(26-27-24)16-13-19(32-2)22(34-4)20(14-16)33-3/h5-8,13-14H,9-12,15H2,1-4H3,(H,25,26,27). The highest BCUT2D eigenvalue weighted by atomic mass is 32.2. The summed E-state index contributed by atoms with van der Waals surface area (Å²) in [6, 6.07) is 11.5. The molecular weight excluding hydrogens is 470 g/mol. The maximum atomic E-state index is 12.8. The van der Waals surface area contributed by atoms with Gasteiger partial charge in [0.05, 0.1) is 39.9 Å². The van der Waals surface area contributed by atoms with Gasteiger partial charge in [-0.25, -0.2) is 4.98 Å². The predicted molar refractivity (Wildman–Crippen MR) is 134 cm³/mol. The van der Waals surface area contributed by atoms with Gasteiger partial charge in [0.15, 0.2) is 17.3 Å². The molecule has 0 radical (unpaired) electrons. The molecule has 3 aromatic rings. The van der Waals surface area contributed by atoms with Gasteiger partial charge >= 0.3 is 0 Å². The van der Waals surface area contributed by atoms with Crippen molar-refractivity contribution >= 4 is 23.4 Å². The van der Waals surface area contributed by atoms with Crippen LogP contribution in [0.3, 0.4) is 0 Å². The van der Waals surface area contributed by atoms with Gasteiger partial charge in [0.25, 0.3) is 0 Å². The van der Waals surface area contributed by atoms with E-state index in [0.717, 1.165) is 30.1 Å². The number of nitrogens with one attached hydrogen (secondary N) is 1. The Bertz CT molecular complexity index is 1140. The van der Waals surface area contributed by atoms with Crippen LogP contribution in [0.1, 0.15) is 0 Å². The van der Waals surface area contributed by atoms with Gasteiger partial charge in [-0.05, 0) is 24.3 Å². The molecule has 0 bridgehead atoms. The molecule has 186 valence electrons. The largest absolute Gasteiger partial charge is 0.495 e. The van der Waals surface area contributed by atoms with Gasteiger partial charge in [-0.3, -0.25) is 9.89 Å². The number of carbonyl (C=O) groups is 1. The highest BCUT2D eigenvalue weighted by Crippen LogP contribution is 2.40. The third-order valence-corrected chi connectivity index (χ3v) is 6.62. The third kappa shape index (κ3) is 5.40. The van der Waals surface area contributed by atoms with Gasteiger partial charge in [-0.2, -0.15) is 0 Å². The molecular formula is C24H29N5O5S. The summed E-state index contributed by atoms with van der Waals surface area (Å²) in [7, 11) is 6.35. The van der Waals surface area contributed by atoms with Crippen molar-refractivity contribution in [1.82, 2.24) is 20.1 Å². The van der Waals surface area contributed by atoms with Crippen LogP contribution in [0, 0.1) is 0 Å². The van der Waals surface area contributed by atoms with E-state index < -0.39 is 0 Å². The molecule has 1 fully saturated rings. The summed E-state index contributed by atoms with van der Waals surface area (Å²) >= 11 is 1.30. The Balaban J connectivity index is 1.34. The molecule has 1 aliphatic rings. The van der Waals surface area contributed by atoms with E-state index in [9.17, 15) is 4.79 Å². The number of benzene rings is 2. The van der Waals surface area contributed by atoms with Crippen LogP contribution in [0.4, 0.5) is 5.69 Å². The lowest BCUT2D eigenvalue weighted by atomic mass is 10.1. The highest BCUT2D eigenvalue weighted by Gasteiger charge is 2.23. The first kappa shape index (κ1) is 24.5. The molecule has 11 heteroatoms. The monoisotopic (exact) mass is 499 g/mol. The molecule has 0 atom stereocenters. The SMILES string of the molecule is COc1ccccc1N1CCN(C(=O)CSc2n[nH]c(-c3cc(OC)c(OC)c(OC)c3)n2)CC1. The van der Waals surface area contributed by atoms with Crippen LogP contribution in [-0.2, 0) is 4.79 Å². The fourth-order valence-electron chi connectivity index (χ4n) is 3.96. The van der Waals surface area contributed by atoms with Crippen molar-refractivity contribution in [2.45, 2.75) is 5.16 Å². The molecule has 4 rings (SSSR count). The van der Waals surface area contributed by atoms with E-state index in [1.54, 1.807) is 40.6 Å². The topological polar surface area (TPSA) is 102 Å². The number of rotatable bonds is 9. The molecule has 35 heavy (non-hydrogen) atoms. The fourth-order valence-corrected chi connectivity index (χ4v) is 4.66. The minimum absolute atomic E-state index is 0.0637. The van der Waals surface area contributed by atoms with Crippen molar-refractivity contribution in [2.75, 3.05) is 65.3 Å². The number of para-hydroxylation sites is 2. The van der Waals surface area contributed by atoms with Crippen molar-refractivity contribution in [3.8, 4) is 34.4 Å². The second-order valence-corrected chi connectivity index (χ2v) is 8.65. The summed E-state index contributed by atoms with van der Waals surface area (Å²) in [5, 5.41) is 7.67. The second kappa shape index (κ2) is 11.2. The Hall–Kier alpha value is -3.60. The van der Waals surface area contributed by atoms with Gasteiger partial charge < -0.3 is 28.7 Å². The zero-order chi connectivity index (χ0) is 24.8. The number of hydrogen-bond acceptors (Lipinski definition) is 9. The van der Waals surface area contributed by atoms with Crippen LogP contribution in [0.15, 0.2) is 41.6 Å². The Morgan fingerprint density at radius 3 is 2.23 bits per heavy atom. The molecule has 2 aromatic carbocycles. The van der Waals surface area contributed by atoms with E-state index in [2.05, 4.69) is 20.1 Å². The van der Waals surface area contributed by atoms with Gasteiger partial charge in [-0.15, -0.1) is 5.10 Å². The Morgan fingerprint density at radius 1 is 0.943 bits per heavy atom. The average Bonchev–Trinajstić information content (AvgIpc) is 3.40. The smallest absolute Gasteiger partial charge is 0.233 e. The highest BCUT2D eigenvalue weighted by molar-refractivity contribution is 7.99.